The van der Waals surface area contributed by atoms with E-state index in [0.717, 1.165) is 18.2 Å². The summed E-state index contributed by atoms with van der Waals surface area (Å²) in [6.07, 6.45) is -3.57. The predicted molar refractivity (Wildman–Crippen MR) is 55.8 cm³/mol. The van der Waals surface area contributed by atoms with Crippen LogP contribution in [0.15, 0.2) is 30.9 Å². The Kier molecular flexibility index (Phi) is 4.19. The lowest BCUT2D eigenvalue weighted by atomic mass is 10.2. The molecule has 0 bridgehead atoms. The quantitative estimate of drug-likeness (QED) is 0.829. The predicted octanol–water partition coefficient (Wildman–Crippen LogP) is 2.85. The Bertz CT molecular complexity index is 454. The second-order valence-corrected chi connectivity index (χ2v) is 3.11. The third-order valence-electron chi connectivity index (χ3n) is 1.77. The van der Waals surface area contributed by atoms with Crippen molar-refractivity contribution in [3.63, 3.8) is 0 Å². The summed E-state index contributed by atoms with van der Waals surface area (Å²) in [6, 6.07) is 2.83. The Morgan fingerprint density at radius 1 is 1.39 bits per heavy atom. The smallest absolute Gasteiger partial charge is 0.486 e. The van der Waals surface area contributed by atoms with Crippen LogP contribution in [0.3, 0.4) is 0 Å². The minimum atomic E-state index is -4.88. The van der Waals surface area contributed by atoms with Gasteiger partial charge < -0.3 is 14.6 Å². The number of halogens is 3. The highest BCUT2D eigenvalue weighted by Crippen LogP contribution is 2.33. The first kappa shape index (κ1) is 13.9. The number of alkyl halides is 3. The highest BCUT2D eigenvalue weighted by atomic mass is 19.4. The summed E-state index contributed by atoms with van der Waals surface area (Å²) in [5.41, 5.74) is -0.205. The number of carboxylic acid groups (broad SMARTS) is 1. The lowest BCUT2D eigenvalue weighted by Crippen LogP contribution is -2.18. The summed E-state index contributed by atoms with van der Waals surface area (Å²) in [7, 11) is 0. The topological polar surface area (TPSA) is 55.8 Å². The fraction of sp³-hybridized carbons (Fsp3) is 0.182. The molecule has 0 saturated heterocycles. The van der Waals surface area contributed by atoms with Crippen LogP contribution in [0, 0.1) is 0 Å². The maximum absolute atomic E-state index is 12.1. The number of hydrogen-bond donors (Lipinski definition) is 1. The van der Waals surface area contributed by atoms with Crippen LogP contribution in [-0.2, 0) is 0 Å². The number of benzene rings is 1. The van der Waals surface area contributed by atoms with Gasteiger partial charge in [-0.15, -0.1) is 13.2 Å². The average molecular weight is 262 g/mol. The first-order chi connectivity index (χ1) is 8.33. The number of hydrogen-bond acceptors (Lipinski definition) is 3. The number of ether oxygens (including phenoxy) is 2. The monoisotopic (exact) mass is 262 g/mol. The SMILES string of the molecule is C=CCOc1cc(C(=O)O)ccc1OC(F)(F)F. The summed E-state index contributed by atoms with van der Waals surface area (Å²) in [5, 5.41) is 8.72. The van der Waals surface area contributed by atoms with Crippen LogP contribution in [0.1, 0.15) is 10.4 Å². The van der Waals surface area contributed by atoms with Crippen LogP contribution < -0.4 is 9.47 Å². The summed E-state index contributed by atoms with van der Waals surface area (Å²) < 4.78 is 44.9. The first-order valence-corrected chi connectivity index (χ1v) is 4.70. The highest BCUT2D eigenvalue weighted by molar-refractivity contribution is 5.88. The number of aromatic carboxylic acids is 1. The third-order valence-corrected chi connectivity index (χ3v) is 1.77. The largest absolute Gasteiger partial charge is 0.573 e. The van der Waals surface area contributed by atoms with Crippen LogP contribution in [0.5, 0.6) is 11.5 Å². The molecule has 0 heterocycles. The van der Waals surface area contributed by atoms with Crippen molar-refractivity contribution in [2.45, 2.75) is 6.36 Å². The van der Waals surface area contributed by atoms with Gasteiger partial charge in [-0.2, -0.15) is 0 Å². The Morgan fingerprint density at radius 2 is 2.06 bits per heavy atom. The molecular weight excluding hydrogens is 253 g/mol. The molecule has 1 N–H and O–H groups in total. The zero-order valence-corrected chi connectivity index (χ0v) is 9.03. The molecular formula is C11H9F3O4. The van der Waals surface area contributed by atoms with E-state index in [0.29, 0.717) is 0 Å². The van der Waals surface area contributed by atoms with E-state index in [9.17, 15) is 18.0 Å². The maximum Gasteiger partial charge on any atom is 0.573 e. The molecule has 1 aromatic carbocycles. The molecule has 0 spiro atoms. The van der Waals surface area contributed by atoms with E-state index >= 15 is 0 Å². The zero-order valence-electron chi connectivity index (χ0n) is 9.03. The van der Waals surface area contributed by atoms with Crippen LogP contribution in [0.25, 0.3) is 0 Å². The molecule has 1 aromatic rings. The second-order valence-electron chi connectivity index (χ2n) is 3.11. The number of carbonyl (C=O) groups is 1. The Hall–Kier alpha value is -2.18. The summed E-state index contributed by atoms with van der Waals surface area (Å²) in [5.74, 6) is -2.20. The molecule has 0 unspecified atom stereocenters. The van der Waals surface area contributed by atoms with Gasteiger partial charge in [-0.05, 0) is 18.2 Å². The molecule has 0 radical (unpaired) electrons. The van der Waals surface area contributed by atoms with E-state index in [2.05, 4.69) is 11.3 Å². The molecule has 1 rings (SSSR count). The van der Waals surface area contributed by atoms with Gasteiger partial charge in [-0.25, -0.2) is 4.79 Å². The van der Waals surface area contributed by atoms with Gasteiger partial charge >= 0.3 is 12.3 Å². The maximum atomic E-state index is 12.1. The van der Waals surface area contributed by atoms with Gasteiger partial charge in [-0.1, -0.05) is 12.7 Å². The molecule has 0 fully saturated rings. The van der Waals surface area contributed by atoms with Gasteiger partial charge in [0.25, 0.3) is 0 Å². The molecule has 0 saturated carbocycles. The van der Waals surface area contributed by atoms with Crippen molar-refractivity contribution in [2.75, 3.05) is 6.61 Å². The normalized spacial score (nSPS) is 10.8. The van der Waals surface area contributed by atoms with E-state index in [1.54, 1.807) is 0 Å². The molecule has 18 heavy (non-hydrogen) atoms. The number of carboxylic acids is 1. The van der Waals surface area contributed by atoms with Gasteiger partial charge in [0.1, 0.15) is 6.61 Å². The van der Waals surface area contributed by atoms with Gasteiger partial charge in [0.2, 0.25) is 0 Å². The van der Waals surface area contributed by atoms with Crippen molar-refractivity contribution in [1.29, 1.82) is 0 Å². The summed E-state index contributed by atoms with van der Waals surface area (Å²) in [4.78, 5) is 10.7. The molecule has 0 atom stereocenters. The molecule has 0 aliphatic rings. The number of rotatable bonds is 5. The molecule has 0 aliphatic heterocycles. The summed E-state index contributed by atoms with van der Waals surface area (Å²) >= 11 is 0. The van der Waals surface area contributed by atoms with Gasteiger partial charge in [0.05, 0.1) is 5.56 Å². The van der Waals surface area contributed by atoms with E-state index in [4.69, 9.17) is 9.84 Å². The van der Waals surface area contributed by atoms with Crippen LogP contribution >= 0.6 is 0 Å². The van der Waals surface area contributed by atoms with Crippen molar-refractivity contribution in [2.24, 2.45) is 0 Å². The molecule has 98 valence electrons. The van der Waals surface area contributed by atoms with Crippen molar-refractivity contribution >= 4 is 5.97 Å². The second kappa shape index (κ2) is 5.44. The first-order valence-electron chi connectivity index (χ1n) is 4.70. The van der Waals surface area contributed by atoms with Crippen molar-refractivity contribution < 1.29 is 32.5 Å². The molecule has 7 heteroatoms. The highest BCUT2D eigenvalue weighted by Gasteiger charge is 2.32. The minimum Gasteiger partial charge on any atom is -0.486 e. The van der Waals surface area contributed by atoms with Gasteiger partial charge in [0.15, 0.2) is 11.5 Å². The van der Waals surface area contributed by atoms with Crippen LogP contribution in [-0.4, -0.2) is 24.0 Å². The third kappa shape index (κ3) is 4.00. The molecule has 4 nitrogen and oxygen atoms in total. The fourth-order valence-corrected chi connectivity index (χ4v) is 1.11. The van der Waals surface area contributed by atoms with Gasteiger partial charge in [-0.3, -0.25) is 0 Å². The van der Waals surface area contributed by atoms with Gasteiger partial charge in [0, 0.05) is 0 Å². The lowest BCUT2D eigenvalue weighted by Gasteiger charge is -2.13. The Balaban J connectivity index is 3.07. The van der Waals surface area contributed by atoms with E-state index in [1.165, 1.54) is 6.08 Å². The molecule has 0 aromatic heterocycles. The van der Waals surface area contributed by atoms with Crippen LogP contribution in [0.2, 0.25) is 0 Å². The van der Waals surface area contributed by atoms with E-state index < -0.39 is 18.1 Å². The van der Waals surface area contributed by atoms with E-state index in [1.807, 2.05) is 0 Å². The lowest BCUT2D eigenvalue weighted by molar-refractivity contribution is -0.275. The standard InChI is InChI=1S/C11H9F3O4/c1-2-5-17-9-6-7(10(15)16)3-4-8(9)18-11(12,13)14/h2-4,6H,1,5H2,(H,15,16). The van der Waals surface area contributed by atoms with E-state index in [-0.39, 0.29) is 17.9 Å². The van der Waals surface area contributed by atoms with Crippen molar-refractivity contribution in [1.82, 2.24) is 0 Å². The fourth-order valence-electron chi connectivity index (χ4n) is 1.11. The Labute approximate surface area is 100 Å². The van der Waals surface area contributed by atoms with Crippen molar-refractivity contribution in [3.05, 3.63) is 36.4 Å². The minimum absolute atomic E-state index is 0.0721. The summed E-state index contributed by atoms with van der Waals surface area (Å²) in [6.45, 7) is 3.26. The zero-order chi connectivity index (χ0) is 13.8. The molecule has 0 aliphatic carbocycles. The van der Waals surface area contributed by atoms with Crippen LogP contribution in [0.4, 0.5) is 13.2 Å². The average Bonchev–Trinajstić information content (AvgIpc) is 2.25. The van der Waals surface area contributed by atoms with Crippen molar-refractivity contribution in [3.8, 4) is 11.5 Å². The molecule has 0 amide bonds. The Morgan fingerprint density at radius 3 is 2.56 bits per heavy atom.